The van der Waals surface area contributed by atoms with Crippen molar-refractivity contribution in [2.45, 2.75) is 18.7 Å². The van der Waals surface area contributed by atoms with E-state index in [0.29, 0.717) is 10.6 Å². The molecule has 2 N–H and O–H groups in total. The molecule has 1 aromatic heterocycles. The maximum atomic E-state index is 12.0. The molecule has 0 radical (unpaired) electrons. The second-order valence-electron chi connectivity index (χ2n) is 3.67. The Balaban J connectivity index is 2.83. The number of carboxylic acid groups (broad SMARTS) is 1. The summed E-state index contributed by atoms with van der Waals surface area (Å²) in [4.78, 5) is 11.2. The van der Waals surface area contributed by atoms with Crippen molar-refractivity contribution in [1.29, 1.82) is 0 Å². The Labute approximate surface area is 118 Å². The van der Waals surface area contributed by atoms with Crippen LogP contribution in [0.5, 0.6) is 0 Å². The van der Waals surface area contributed by atoms with E-state index in [2.05, 4.69) is 4.72 Å². The smallest absolute Gasteiger partial charge is 0.345 e. The van der Waals surface area contributed by atoms with E-state index in [-0.39, 0.29) is 22.1 Å². The van der Waals surface area contributed by atoms with Gasteiger partial charge in [0.15, 0.2) is 0 Å². The number of aromatic carboxylic acids is 1. The molecule has 0 saturated carbocycles. The van der Waals surface area contributed by atoms with Crippen molar-refractivity contribution < 1.29 is 22.5 Å². The lowest BCUT2D eigenvalue weighted by Gasteiger charge is -2.05. The van der Waals surface area contributed by atoms with Crippen molar-refractivity contribution in [1.82, 2.24) is 4.72 Å². The second kappa shape index (κ2) is 6.60. The maximum absolute atomic E-state index is 12.0. The van der Waals surface area contributed by atoms with Crippen LogP contribution < -0.4 is 4.72 Å². The average Bonchev–Trinajstić information content (AvgIpc) is 2.71. The summed E-state index contributed by atoms with van der Waals surface area (Å²) in [6.07, 6.45) is 0. The maximum Gasteiger partial charge on any atom is 0.345 e. The summed E-state index contributed by atoms with van der Waals surface area (Å²) in [6.45, 7) is 3.38. The summed E-state index contributed by atoms with van der Waals surface area (Å²) in [6, 6.07) is 1.14. The van der Waals surface area contributed by atoms with Gasteiger partial charge in [-0.25, -0.2) is 17.9 Å². The molecular formula is C10H15NO5S3. The molecule has 108 valence electrons. The highest BCUT2D eigenvalue weighted by atomic mass is 32.2. The normalized spacial score (nSPS) is 13.4. The first kappa shape index (κ1) is 16.3. The average molecular weight is 325 g/mol. The molecular weight excluding hydrogens is 310 g/mol. The van der Waals surface area contributed by atoms with E-state index in [1.165, 1.54) is 0 Å². The van der Waals surface area contributed by atoms with E-state index < -0.39 is 26.8 Å². The lowest BCUT2D eigenvalue weighted by atomic mass is 10.4. The Kier molecular flexibility index (Phi) is 5.65. The summed E-state index contributed by atoms with van der Waals surface area (Å²) in [5.74, 6) is -0.436. The highest BCUT2D eigenvalue weighted by Crippen LogP contribution is 2.25. The summed E-state index contributed by atoms with van der Waals surface area (Å²) < 4.78 is 37.4. The number of carbonyl (C=O) groups is 1. The molecule has 1 rings (SSSR count). The molecule has 0 amide bonds. The minimum Gasteiger partial charge on any atom is -0.477 e. The van der Waals surface area contributed by atoms with Crippen molar-refractivity contribution in [2.75, 3.05) is 18.1 Å². The molecule has 0 aromatic carbocycles. The minimum atomic E-state index is -3.74. The van der Waals surface area contributed by atoms with Gasteiger partial charge in [-0.3, -0.25) is 4.21 Å². The Morgan fingerprint density at radius 1 is 1.53 bits per heavy atom. The lowest BCUT2D eigenvalue weighted by molar-refractivity contribution is 0.0702. The fourth-order valence-corrected chi connectivity index (χ4v) is 4.56. The first-order valence-corrected chi connectivity index (χ1v) is 9.25. The topological polar surface area (TPSA) is 101 Å². The van der Waals surface area contributed by atoms with Gasteiger partial charge in [0.1, 0.15) is 4.88 Å². The van der Waals surface area contributed by atoms with Gasteiger partial charge in [0.2, 0.25) is 10.0 Å². The number of aryl methyl sites for hydroxylation is 1. The molecule has 0 saturated heterocycles. The van der Waals surface area contributed by atoms with Crippen LogP contribution in [0.1, 0.15) is 21.5 Å². The molecule has 19 heavy (non-hydrogen) atoms. The Morgan fingerprint density at radius 2 is 2.16 bits per heavy atom. The fourth-order valence-electron chi connectivity index (χ4n) is 1.35. The molecule has 0 aliphatic rings. The zero-order chi connectivity index (χ0) is 14.6. The van der Waals surface area contributed by atoms with Crippen molar-refractivity contribution in [3.63, 3.8) is 0 Å². The summed E-state index contributed by atoms with van der Waals surface area (Å²) in [7, 11) is -4.79. The van der Waals surface area contributed by atoms with Crippen LogP contribution in [0.25, 0.3) is 0 Å². The Hall–Kier alpha value is -0.770. The van der Waals surface area contributed by atoms with Crippen LogP contribution >= 0.6 is 11.3 Å². The molecule has 0 fully saturated rings. The summed E-state index contributed by atoms with van der Waals surface area (Å²) in [5.41, 5.74) is 0. The number of hydrogen-bond donors (Lipinski definition) is 2. The van der Waals surface area contributed by atoms with Crippen LogP contribution in [0, 0.1) is 6.92 Å². The van der Waals surface area contributed by atoms with Crippen molar-refractivity contribution >= 4 is 38.1 Å². The molecule has 1 aromatic rings. The number of nitrogens with one attached hydrogen (secondary N) is 1. The molecule has 0 aliphatic carbocycles. The van der Waals surface area contributed by atoms with Gasteiger partial charge in [-0.05, 0) is 13.0 Å². The minimum absolute atomic E-state index is 0.0185. The largest absolute Gasteiger partial charge is 0.477 e. The third-order valence-electron chi connectivity index (χ3n) is 2.32. The van der Waals surface area contributed by atoms with Gasteiger partial charge in [-0.1, -0.05) is 6.92 Å². The van der Waals surface area contributed by atoms with E-state index >= 15 is 0 Å². The van der Waals surface area contributed by atoms with Crippen LogP contribution in [0.4, 0.5) is 0 Å². The SMILES string of the molecule is CCS(=O)CCNS(=O)(=O)c1cc(C(=O)O)sc1C. The van der Waals surface area contributed by atoms with Crippen LogP contribution in [-0.2, 0) is 20.8 Å². The predicted octanol–water partition coefficient (Wildman–Crippen LogP) is 0.802. The van der Waals surface area contributed by atoms with E-state index in [0.717, 1.165) is 17.4 Å². The van der Waals surface area contributed by atoms with Crippen molar-refractivity contribution in [2.24, 2.45) is 0 Å². The highest BCUT2D eigenvalue weighted by molar-refractivity contribution is 7.89. The van der Waals surface area contributed by atoms with Crippen molar-refractivity contribution in [3.05, 3.63) is 15.8 Å². The van der Waals surface area contributed by atoms with Gasteiger partial charge in [-0.2, -0.15) is 0 Å². The molecule has 1 atom stereocenters. The van der Waals surface area contributed by atoms with Crippen LogP contribution in [-0.4, -0.2) is 41.8 Å². The van der Waals surface area contributed by atoms with Gasteiger partial charge in [0, 0.05) is 33.7 Å². The number of thiophene rings is 1. The first-order valence-electron chi connectivity index (χ1n) is 5.46. The van der Waals surface area contributed by atoms with E-state index in [9.17, 15) is 17.4 Å². The van der Waals surface area contributed by atoms with Crippen LogP contribution in [0.3, 0.4) is 0 Å². The van der Waals surface area contributed by atoms with E-state index in [1.807, 2.05) is 0 Å². The standard InChI is InChI=1S/C10H15NO5S3/c1-3-18(14)5-4-11-19(15,16)9-6-8(10(12)13)17-7(9)2/h6,11H,3-5H2,1-2H3,(H,12,13). The van der Waals surface area contributed by atoms with Gasteiger partial charge in [0.25, 0.3) is 0 Å². The summed E-state index contributed by atoms with van der Waals surface area (Å²) in [5, 5.41) is 8.82. The zero-order valence-electron chi connectivity index (χ0n) is 10.5. The molecule has 6 nitrogen and oxygen atoms in total. The molecule has 0 aliphatic heterocycles. The Bertz CT molecular complexity index is 590. The molecule has 1 heterocycles. The summed E-state index contributed by atoms with van der Waals surface area (Å²) >= 11 is 0.915. The third kappa shape index (κ3) is 4.37. The van der Waals surface area contributed by atoms with Crippen LogP contribution in [0.15, 0.2) is 11.0 Å². The fraction of sp³-hybridized carbons (Fsp3) is 0.500. The van der Waals surface area contributed by atoms with Gasteiger partial charge in [0.05, 0.1) is 4.90 Å². The van der Waals surface area contributed by atoms with Crippen molar-refractivity contribution in [3.8, 4) is 0 Å². The number of carboxylic acids is 1. The second-order valence-corrected chi connectivity index (χ2v) is 8.52. The number of rotatable bonds is 7. The quantitative estimate of drug-likeness (QED) is 0.772. The number of sulfonamides is 1. The number of hydrogen-bond acceptors (Lipinski definition) is 5. The molecule has 0 spiro atoms. The molecule has 9 heteroatoms. The third-order valence-corrected chi connectivity index (χ3v) is 6.37. The van der Waals surface area contributed by atoms with E-state index in [4.69, 9.17) is 5.11 Å². The molecule has 1 unspecified atom stereocenters. The van der Waals surface area contributed by atoms with Gasteiger partial charge in [-0.15, -0.1) is 11.3 Å². The zero-order valence-corrected chi connectivity index (χ0v) is 13.0. The van der Waals surface area contributed by atoms with Crippen LogP contribution in [0.2, 0.25) is 0 Å². The van der Waals surface area contributed by atoms with Gasteiger partial charge < -0.3 is 5.11 Å². The first-order chi connectivity index (χ1) is 8.77. The van der Waals surface area contributed by atoms with Gasteiger partial charge >= 0.3 is 5.97 Å². The Morgan fingerprint density at radius 3 is 2.63 bits per heavy atom. The highest BCUT2D eigenvalue weighted by Gasteiger charge is 2.21. The predicted molar refractivity (Wildman–Crippen MR) is 74.8 cm³/mol. The molecule has 0 bridgehead atoms. The monoisotopic (exact) mass is 325 g/mol. The van der Waals surface area contributed by atoms with E-state index in [1.54, 1.807) is 13.8 Å². The lowest BCUT2D eigenvalue weighted by Crippen LogP contribution is -2.28.